The Hall–Kier alpha value is -0.0800. The lowest BCUT2D eigenvalue weighted by molar-refractivity contribution is 0.173. The molecule has 0 aromatic rings. The highest BCUT2D eigenvalue weighted by Crippen LogP contribution is 2.18. The number of hydrogen-bond acceptors (Lipinski definition) is 2. The molecule has 0 aliphatic carbocycles. The first kappa shape index (κ1) is 9.47. The van der Waals surface area contributed by atoms with Gasteiger partial charge in [-0.05, 0) is 51.2 Å². The summed E-state index contributed by atoms with van der Waals surface area (Å²) < 4.78 is 5.38. The average molecular weight is 183 g/mol. The fourth-order valence-corrected chi connectivity index (χ4v) is 2.36. The third-order valence-corrected chi connectivity index (χ3v) is 3.33. The number of hydrogen-bond donors (Lipinski definition) is 0. The summed E-state index contributed by atoms with van der Waals surface area (Å²) >= 11 is 0. The normalized spacial score (nSPS) is 30.9. The van der Waals surface area contributed by atoms with E-state index in [1.807, 2.05) is 0 Å². The average Bonchev–Trinajstić information content (AvgIpc) is 2.69. The highest BCUT2D eigenvalue weighted by atomic mass is 16.5. The number of rotatable bonds is 3. The van der Waals surface area contributed by atoms with Crippen LogP contribution in [-0.4, -0.2) is 37.7 Å². The van der Waals surface area contributed by atoms with Crippen LogP contribution in [0.5, 0.6) is 0 Å². The molecule has 2 fully saturated rings. The minimum atomic E-state index is 0.863. The van der Waals surface area contributed by atoms with Gasteiger partial charge in [0.25, 0.3) is 0 Å². The highest BCUT2D eigenvalue weighted by molar-refractivity contribution is 4.69. The Morgan fingerprint density at radius 1 is 1.15 bits per heavy atom. The molecule has 0 amide bonds. The van der Waals surface area contributed by atoms with Gasteiger partial charge in [0.05, 0.1) is 0 Å². The molecule has 2 heterocycles. The van der Waals surface area contributed by atoms with Gasteiger partial charge in [-0.3, -0.25) is 0 Å². The molecule has 0 aromatic carbocycles. The van der Waals surface area contributed by atoms with Gasteiger partial charge in [-0.25, -0.2) is 0 Å². The van der Waals surface area contributed by atoms with E-state index in [4.69, 9.17) is 4.74 Å². The van der Waals surface area contributed by atoms with Gasteiger partial charge in [0, 0.05) is 13.2 Å². The Morgan fingerprint density at radius 3 is 2.69 bits per heavy atom. The number of nitrogens with zero attached hydrogens (tertiary/aromatic N) is 1. The molecule has 2 heteroatoms. The molecule has 13 heavy (non-hydrogen) atoms. The van der Waals surface area contributed by atoms with E-state index in [1.54, 1.807) is 0 Å². The van der Waals surface area contributed by atoms with Crippen molar-refractivity contribution < 1.29 is 4.74 Å². The molecule has 0 spiro atoms. The molecule has 0 bridgehead atoms. The van der Waals surface area contributed by atoms with Crippen molar-refractivity contribution in [2.24, 2.45) is 5.92 Å². The molecule has 1 atom stereocenters. The van der Waals surface area contributed by atoms with Gasteiger partial charge >= 0.3 is 0 Å². The second-order valence-electron chi connectivity index (χ2n) is 4.42. The van der Waals surface area contributed by atoms with Gasteiger partial charge in [-0.2, -0.15) is 0 Å². The van der Waals surface area contributed by atoms with Crippen molar-refractivity contribution in [1.82, 2.24) is 4.90 Å². The van der Waals surface area contributed by atoms with Gasteiger partial charge in [0.2, 0.25) is 0 Å². The topological polar surface area (TPSA) is 12.5 Å². The largest absolute Gasteiger partial charge is 0.381 e. The summed E-state index contributed by atoms with van der Waals surface area (Å²) in [4.78, 5) is 2.63. The molecule has 2 nitrogen and oxygen atoms in total. The zero-order valence-corrected chi connectivity index (χ0v) is 8.50. The first-order valence-electron chi connectivity index (χ1n) is 5.75. The standard InChI is InChI=1S/C11H21NO/c1-2-6-12(7-3-1)8-4-11-5-9-13-10-11/h11H,1-10H2. The monoisotopic (exact) mass is 183 g/mol. The minimum Gasteiger partial charge on any atom is -0.381 e. The molecule has 0 saturated carbocycles. The van der Waals surface area contributed by atoms with Crippen molar-refractivity contribution in [2.75, 3.05) is 32.8 Å². The van der Waals surface area contributed by atoms with Crippen molar-refractivity contribution >= 4 is 0 Å². The summed E-state index contributed by atoms with van der Waals surface area (Å²) in [7, 11) is 0. The molecule has 2 saturated heterocycles. The van der Waals surface area contributed by atoms with E-state index in [0.29, 0.717) is 0 Å². The van der Waals surface area contributed by atoms with E-state index in [2.05, 4.69) is 4.90 Å². The second-order valence-corrected chi connectivity index (χ2v) is 4.42. The Balaban J connectivity index is 1.60. The van der Waals surface area contributed by atoms with Crippen LogP contribution in [0.15, 0.2) is 0 Å². The van der Waals surface area contributed by atoms with E-state index in [-0.39, 0.29) is 0 Å². The van der Waals surface area contributed by atoms with Crippen LogP contribution >= 0.6 is 0 Å². The maximum Gasteiger partial charge on any atom is 0.0495 e. The first-order valence-corrected chi connectivity index (χ1v) is 5.75. The molecular formula is C11H21NO. The summed E-state index contributed by atoms with van der Waals surface area (Å²) in [5, 5.41) is 0. The summed E-state index contributed by atoms with van der Waals surface area (Å²) in [6, 6.07) is 0. The summed E-state index contributed by atoms with van der Waals surface area (Å²) in [6.07, 6.45) is 6.94. The van der Waals surface area contributed by atoms with Crippen molar-refractivity contribution in [1.29, 1.82) is 0 Å². The molecule has 1 unspecified atom stereocenters. The maximum atomic E-state index is 5.38. The number of likely N-dealkylation sites (tertiary alicyclic amines) is 1. The third-order valence-electron chi connectivity index (χ3n) is 3.33. The van der Waals surface area contributed by atoms with Crippen LogP contribution in [0, 0.1) is 5.92 Å². The van der Waals surface area contributed by atoms with Crippen molar-refractivity contribution in [3.63, 3.8) is 0 Å². The third kappa shape index (κ3) is 2.96. The fraction of sp³-hybridized carbons (Fsp3) is 1.00. The molecule has 0 N–H and O–H groups in total. The van der Waals surface area contributed by atoms with E-state index in [9.17, 15) is 0 Å². The van der Waals surface area contributed by atoms with E-state index in [1.165, 1.54) is 51.7 Å². The zero-order chi connectivity index (χ0) is 8.93. The molecule has 2 aliphatic rings. The maximum absolute atomic E-state index is 5.38. The smallest absolute Gasteiger partial charge is 0.0495 e. The quantitative estimate of drug-likeness (QED) is 0.662. The van der Waals surface area contributed by atoms with Crippen LogP contribution in [0.2, 0.25) is 0 Å². The van der Waals surface area contributed by atoms with Crippen molar-refractivity contribution in [3.8, 4) is 0 Å². The van der Waals surface area contributed by atoms with Gasteiger partial charge < -0.3 is 9.64 Å². The summed E-state index contributed by atoms with van der Waals surface area (Å²) in [5.41, 5.74) is 0. The van der Waals surface area contributed by atoms with Crippen LogP contribution in [0.25, 0.3) is 0 Å². The van der Waals surface area contributed by atoms with E-state index < -0.39 is 0 Å². The lowest BCUT2D eigenvalue weighted by Crippen LogP contribution is -2.31. The summed E-state index contributed by atoms with van der Waals surface area (Å²) in [6.45, 7) is 6.02. The number of piperidine rings is 1. The van der Waals surface area contributed by atoms with Crippen molar-refractivity contribution in [2.45, 2.75) is 32.1 Å². The van der Waals surface area contributed by atoms with Crippen LogP contribution in [0.4, 0.5) is 0 Å². The van der Waals surface area contributed by atoms with Gasteiger partial charge in [-0.1, -0.05) is 6.42 Å². The van der Waals surface area contributed by atoms with Gasteiger partial charge in [-0.15, -0.1) is 0 Å². The molecule has 2 rings (SSSR count). The number of ether oxygens (including phenoxy) is 1. The Kier molecular flexibility index (Phi) is 3.62. The predicted molar refractivity (Wildman–Crippen MR) is 53.8 cm³/mol. The second kappa shape index (κ2) is 4.97. The minimum absolute atomic E-state index is 0.863. The van der Waals surface area contributed by atoms with Gasteiger partial charge in [0.1, 0.15) is 0 Å². The van der Waals surface area contributed by atoms with Crippen LogP contribution < -0.4 is 0 Å². The SMILES string of the molecule is C1CCN(CCC2CCOC2)CC1. The van der Waals surface area contributed by atoms with Crippen LogP contribution in [0.1, 0.15) is 32.1 Å². The van der Waals surface area contributed by atoms with E-state index in [0.717, 1.165) is 19.1 Å². The predicted octanol–water partition coefficient (Wildman–Crippen LogP) is 1.90. The molecule has 76 valence electrons. The Labute approximate surface area is 81.3 Å². The first-order chi connectivity index (χ1) is 6.45. The zero-order valence-electron chi connectivity index (χ0n) is 8.50. The van der Waals surface area contributed by atoms with Gasteiger partial charge in [0.15, 0.2) is 0 Å². The highest BCUT2D eigenvalue weighted by Gasteiger charge is 2.17. The van der Waals surface area contributed by atoms with Crippen LogP contribution in [0.3, 0.4) is 0 Å². The van der Waals surface area contributed by atoms with Crippen molar-refractivity contribution in [3.05, 3.63) is 0 Å². The molecule has 0 aromatic heterocycles. The molecule has 0 radical (unpaired) electrons. The molecular weight excluding hydrogens is 162 g/mol. The lowest BCUT2D eigenvalue weighted by atomic mass is 10.0. The Bertz CT molecular complexity index is 137. The fourth-order valence-electron chi connectivity index (χ4n) is 2.36. The Morgan fingerprint density at radius 2 is 2.00 bits per heavy atom. The van der Waals surface area contributed by atoms with Crippen LogP contribution in [-0.2, 0) is 4.74 Å². The summed E-state index contributed by atoms with van der Waals surface area (Å²) in [5.74, 6) is 0.863. The lowest BCUT2D eigenvalue weighted by Gasteiger charge is -2.27. The molecule has 2 aliphatic heterocycles. The van der Waals surface area contributed by atoms with E-state index >= 15 is 0 Å².